The van der Waals surface area contributed by atoms with Gasteiger partial charge in [0.15, 0.2) is 0 Å². The van der Waals surface area contributed by atoms with Gasteiger partial charge in [-0.05, 0) is 37.8 Å². The fourth-order valence-electron chi connectivity index (χ4n) is 2.71. The van der Waals surface area contributed by atoms with Gasteiger partial charge in [0, 0.05) is 17.3 Å². The van der Waals surface area contributed by atoms with Gasteiger partial charge in [0.05, 0.1) is 18.0 Å². The van der Waals surface area contributed by atoms with Crippen LogP contribution in [0.25, 0.3) is 5.69 Å². The van der Waals surface area contributed by atoms with Crippen LogP contribution < -0.4 is 5.73 Å². The van der Waals surface area contributed by atoms with Gasteiger partial charge in [-0.15, -0.1) is 0 Å². The van der Waals surface area contributed by atoms with Gasteiger partial charge in [-0.25, -0.2) is 4.68 Å². The molecular weight excluding hydrogens is 238 g/mol. The van der Waals surface area contributed by atoms with Crippen molar-refractivity contribution in [2.75, 3.05) is 0 Å². The number of nitrogens with two attached hydrogens (primary N) is 1. The lowest BCUT2D eigenvalue weighted by atomic mass is 9.77. The Morgan fingerprint density at radius 2 is 1.89 bits per heavy atom. The van der Waals surface area contributed by atoms with Crippen LogP contribution in [-0.2, 0) is 5.54 Å². The molecule has 1 fully saturated rings. The lowest BCUT2D eigenvalue weighted by Crippen LogP contribution is -2.41. The van der Waals surface area contributed by atoms with Crippen LogP contribution in [0.4, 0.5) is 0 Å². The largest absolute Gasteiger partial charge is 0.393 e. The summed E-state index contributed by atoms with van der Waals surface area (Å²) in [5.41, 5.74) is 8.22. The minimum atomic E-state index is -0.341. The fraction of sp³-hybridized carbons (Fsp3) is 0.400. The van der Waals surface area contributed by atoms with Gasteiger partial charge in [-0.3, -0.25) is 0 Å². The third-order valence-electron chi connectivity index (χ3n) is 4.03. The zero-order valence-corrected chi connectivity index (χ0v) is 10.9. The Labute approximate surface area is 112 Å². The second-order valence-corrected chi connectivity index (χ2v) is 5.40. The molecule has 0 bridgehead atoms. The van der Waals surface area contributed by atoms with Crippen LogP contribution in [0, 0.1) is 0 Å². The minimum Gasteiger partial charge on any atom is -0.393 e. The van der Waals surface area contributed by atoms with Crippen molar-refractivity contribution in [2.24, 2.45) is 5.73 Å². The van der Waals surface area contributed by atoms with Crippen LogP contribution in [0.3, 0.4) is 0 Å². The second-order valence-electron chi connectivity index (χ2n) is 5.40. The van der Waals surface area contributed by atoms with Crippen molar-refractivity contribution in [1.82, 2.24) is 9.78 Å². The van der Waals surface area contributed by atoms with E-state index < -0.39 is 0 Å². The number of para-hydroxylation sites is 1. The molecule has 2 aromatic rings. The Morgan fingerprint density at radius 1 is 1.21 bits per heavy atom. The predicted molar refractivity (Wildman–Crippen MR) is 73.9 cm³/mol. The van der Waals surface area contributed by atoms with Crippen molar-refractivity contribution in [1.29, 1.82) is 0 Å². The van der Waals surface area contributed by atoms with Gasteiger partial charge in [0.2, 0.25) is 0 Å². The standard InChI is InChI=1S/C15H19N3O/c16-15(8-6-14(19)7-9-15)12-10-17-18(11-12)13-4-2-1-3-5-13/h1-5,10-11,14,19H,6-9,16H2. The molecular formula is C15H19N3O. The molecule has 3 N–H and O–H groups in total. The highest BCUT2D eigenvalue weighted by atomic mass is 16.3. The molecule has 3 rings (SSSR count). The summed E-state index contributed by atoms with van der Waals surface area (Å²) in [5, 5.41) is 14.0. The highest BCUT2D eigenvalue weighted by Gasteiger charge is 2.33. The van der Waals surface area contributed by atoms with Crippen LogP contribution >= 0.6 is 0 Å². The van der Waals surface area contributed by atoms with Crippen LogP contribution in [0.15, 0.2) is 42.7 Å². The molecule has 0 radical (unpaired) electrons. The van der Waals surface area contributed by atoms with E-state index in [4.69, 9.17) is 5.73 Å². The first kappa shape index (κ1) is 12.4. The Balaban J connectivity index is 1.85. The average molecular weight is 257 g/mol. The number of benzene rings is 1. The van der Waals surface area contributed by atoms with Gasteiger partial charge >= 0.3 is 0 Å². The summed E-state index contributed by atoms with van der Waals surface area (Å²) in [4.78, 5) is 0. The number of aromatic nitrogens is 2. The molecule has 0 atom stereocenters. The van der Waals surface area contributed by atoms with Gasteiger partial charge in [-0.2, -0.15) is 5.10 Å². The quantitative estimate of drug-likeness (QED) is 0.864. The monoisotopic (exact) mass is 257 g/mol. The van der Waals surface area contributed by atoms with Gasteiger partial charge in [-0.1, -0.05) is 18.2 Å². The van der Waals surface area contributed by atoms with E-state index >= 15 is 0 Å². The number of rotatable bonds is 2. The van der Waals surface area contributed by atoms with E-state index in [1.54, 1.807) is 0 Å². The normalized spacial score (nSPS) is 27.4. The van der Waals surface area contributed by atoms with Crippen molar-refractivity contribution in [3.05, 3.63) is 48.3 Å². The Hall–Kier alpha value is -1.65. The fourth-order valence-corrected chi connectivity index (χ4v) is 2.71. The molecule has 4 heteroatoms. The summed E-state index contributed by atoms with van der Waals surface area (Å²) < 4.78 is 1.86. The second kappa shape index (κ2) is 4.79. The highest BCUT2D eigenvalue weighted by Crippen LogP contribution is 2.34. The average Bonchev–Trinajstić information content (AvgIpc) is 2.94. The molecule has 1 aromatic heterocycles. The Bertz CT molecular complexity index is 542. The van der Waals surface area contributed by atoms with Gasteiger partial charge in [0.25, 0.3) is 0 Å². The summed E-state index contributed by atoms with van der Waals surface area (Å²) in [6.07, 6.45) is 6.84. The summed E-state index contributed by atoms with van der Waals surface area (Å²) >= 11 is 0. The zero-order chi connectivity index (χ0) is 13.3. The molecule has 1 aliphatic rings. The van der Waals surface area contributed by atoms with Crippen molar-refractivity contribution in [3.63, 3.8) is 0 Å². The van der Waals surface area contributed by atoms with E-state index in [1.165, 1.54) is 0 Å². The molecule has 0 saturated heterocycles. The van der Waals surface area contributed by atoms with E-state index in [0.29, 0.717) is 0 Å². The maximum absolute atomic E-state index is 9.60. The van der Waals surface area contributed by atoms with Crippen molar-refractivity contribution in [3.8, 4) is 5.69 Å². The smallest absolute Gasteiger partial charge is 0.0645 e. The molecule has 0 amide bonds. The van der Waals surface area contributed by atoms with Gasteiger partial charge < -0.3 is 10.8 Å². The van der Waals surface area contributed by atoms with Crippen molar-refractivity contribution >= 4 is 0 Å². The lowest BCUT2D eigenvalue weighted by molar-refractivity contribution is 0.0969. The molecule has 100 valence electrons. The maximum Gasteiger partial charge on any atom is 0.0645 e. The molecule has 0 aliphatic heterocycles. The van der Waals surface area contributed by atoms with E-state index in [9.17, 15) is 5.11 Å². The number of hydrogen-bond acceptors (Lipinski definition) is 3. The number of nitrogens with zero attached hydrogens (tertiary/aromatic N) is 2. The van der Waals surface area contributed by atoms with E-state index in [2.05, 4.69) is 5.10 Å². The molecule has 1 aliphatic carbocycles. The third kappa shape index (κ3) is 2.41. The zero-order valence-electron chi connectivity index (χ0n) is 10.9. The van der Waals surface area contributed by atoms with Crippen LogP contribution in [0.5, 0.6) is 0 Å². The molecule has 0 spiro atoms. The molecule has 0 unspecified atom stereocenters. The Morgan fingerprint density at radius 3 is 2.58 bits per heavy atom. The topological polar surface area (TPSA) is 64.1 Å². The van der Waals surface area contributed by atoms with Crippen LogP contribution in [-0.4, -0.2) is 21.0 Å². The molecule has 19 heavy (non-hydrogen) atoms. The first-order valence-electron chi connectivity index (χ1n) is 6.75. The Kier molecular flexibility index (Phi) is 3.12. The predicted octanol–water partition coefficient (Wildman–Crippen LogP) is 1.96. The van der Waals surface area contributed by atoms with Crippen LogP contribution in [0.2, 0.25) is 0 Å². The van der Waals surface area contributed by atoms with E-state index in [-0.39, 0.29) is 11.6 Å². The van der Waals surface area contributed by atoms with Crippen molar-refractivity contribution < 1.29 is 5.11 Å². The van der Waals surface area contributed by atoms with E-state index in [0.717, 1.165) is 36.9 Å². The number of hydrogen-bond donors (Lipinski definition) is 2. The highest BCUT2D eigenvalue weighted by molar-refractivity contribution is 5.32. The molecule has 1 heterocycles. The van der Waals surface area contributed by atoms with E-state index in [1.807, 2.05) is 47.4 Å². The minimum absolute atomic E-state index is 0.194. The summed E-state index contributed by atoms with van der Waals surface area (Å²) in [5.74, 6) is 0. The molecule has 4 nitrogen and oxygen atoms in total. The first-order valence-corrected chi connectivity index (χ1v) is 6.75. The number of aliphatic hydroxyl groups is 1. The molecule has 1 aromatic carbocycles. The maximum atomic E-state index is 9.60. The summed E-state index contributed by atoms with van der Waals surface area (Å²) in [7, 11) is 0. The summed E-state index contributed by atoms with van der Waals surface area (Å²) in [6.45, 7) is 0. The SMILES string of the molecule is NC1(c2cnn(-c3ccccc3)c2)CCC(O)CC1. The first-order chi connectivity index (χ1) is 9.17. The number of aliphatic hydroxyl groups excluding tert-OH is 1. The van der Waals surface area contributed by atoms with Gasteiger partial charge in [0.1, 0.15) is 0 Å². The lowest BCUT2D eigenvalue weighted by Gasteiger charge is -2.34. The summed E-state index contributed by atoms with van der Waals surface area (Å²) in [6, 6.07) is 10.0. The van der Waals surface area contributed by atoms with Crippen molar-refractivity contribution in [2.45, 2.75) is 37.3 Å². The third-order valence-corrected chi connectivity index (χ3v) is 4.03. The molecule has 1 saturated carbocycles. The van der Waals surface area contributed by atoms with Crippen LogP contribution in [0.1, 0.15) is 31.2 Å².